The van der Waals surface area contributed by atoms with E-state index >= 15 is 0 Å². The van der Waals surface area contributed by atoms with Crippen LogP contribution in [0.25, 0.3) is 0 Å². The molecule has 2 aliphatic heterocycles. The Morgan fingerprint density at radius 3 is 2.58 bits per heavy atom. The molecule has 194 valence electrons. The van der Waals surface area contributed by atoms with Crippen LogP contribution in [0.1, 0.15) is 49.7 Å². The Bertz CT molecular complexity index is 1050. The zero-order valence-electron chi connectivity index (χ0n) is 21.7. The molecule has 1 N–H and O–H groups in total. The quantitative estimate of drug-likeness (QED) is 0.533. The molecule has 2 saturated heterocycles. The van der Waals surface area contributed by atoms with Crippen LogP contribution >= 0.6 is 0 Å². The van der Waals surface area contributed by atoms with Gasteiger partial charge in [0.2, 0.25) is 11.8 Å². The van der Waals surface area contributed by atoms with Crippen LogP contribution in [0.3, 0.4) is 0 Å². The third-order valence-electron chi connectivity index (χ3n) is 7.42. The first-order chi connectivity index (χ1) is 17.4. The SMILES string of the molecule is COc1ccc(C[C@@]2(CCC(=O)N3CCC[C@H](COc4ccc(C)cc4)C3)CCC(=O)N2)cc1OC. The molecule has 7 nitrogen and oxygen atoms in total. The molecule has 2 amide bonds. The molecule has 0 aromatic heterocycles. The number of likely N-dealkylation sites (tertiary alicyclic amines) is 1. The predicted octanol–water partition coefficient (Wildman–Crippen LogP) is 4.30. The number of amides is 2. The fourth-order valence-corrected chi connectivity index (χ4v) is 5.34. The zero-order valence-corrected chi connectivity index (χ0v) is 21.7. The van der Waals surface area contributed by atoms with Gasteiger partial charge in [0.05, 0.1) is 20.8 Å². The molecule has 2 atom stereocenters. The van der Waals surface area contributed by atoms with Gasteiger partial charge in [0, 0.05) is 37.4 Å². The number of carbonyl (C=O) groups excluding carboxylic acids is 2. The molecule has 0 unspecified atom stereocenters. The van der Waals surface area contributed by atoms with Gasteiger partial charge in [0.15, 0.2) is 11.5 Å². The summed E-state index contributed by atoms with van der Waals surface area (Å²) in [6, 6.07) is 13.9. The van der Waals surface area contributed by atoms with Crippen LogP contribution in [0.15, 0.2) is 42.5 Å². The summed E-state index contributed by atoms with van der Waals surface area (Å²) < 4.78 is 16.8. The van der Waals surface area contributed by atoms with E-state index in [4.69, 9.17) is 14.2 Å². The second-order valence-corrected chi connectivity index (χ2v) is 10.2. The number of aryl methyl sites for hydroxylation is 1. The summed E-state index contributed by atoms with van der Waals surface area (Å²) in [5.41, 5.74) is 1.84. The first-order valence-corrected chi connectivity index (χ1v) is 12.9. The van der Waals surface area contributed by atoms with Gasteiger partial charge in [-0.15, -0.1) is 0 Å². The third-order valence-corrected chi connectivity index (χ3v) is 7.42. The maximum atomic E-state index is 13.2. The summed E-state index contributed by atoms with van der Waals surface area (Å²) in [4.78, 5) is 27.4. The maximum absolute atomic E-state index is 13.2. The minimum atomic E-state index is -0.421. The van der Waals surface area contributed by atoms with Gasteiger partial charge in [-0.05, 0) is 68.9 Å². The summed E-state index contributed by atoms with van der Waals surface area (Å²) in [6.07, 6.45) is 4.95. The average molecular weight is 495 g/mol. The number of carbonyl (C=O) groups is 2. The highest BCUT2D eigenvalue weighted by atomic mass is 16.5. The van der Waals surface area contributed by atoms with Crippen LogP contribution in [-0.2, 0) is 16.0 Å². The summed E-state index contributed by atoms with van der Waals surface area (Å²) in [5, 5.41) is 3.19. The van der Waals surface area contributed by atoms with Crippen molar-refractivity contribution in [2.24, 2.45) is 5.92 Å². The van der Waals surface area contributed by atoms with E-state index < -0.39 is 5.54 Å². The van der Waals surface area contributed by atoms with Crippen LogP contribution in [0.5, 0.6) is 17.2 Å². The fraction of sp³-hybridized carbons (Fsp3) is 0.517. The van der Waals surface area contributed by atoms with E-state index in [0.717, 1.165) is 43.7 Å². The Hall–Kier alpha value is -3.22. The number of methoxy groups -OCH3 is 2. The Labute approximate surface area is 214 Å². The number of nitrogens with zero attached hydrogens (tertiary/aromatic N) is 1. The number of hydrogen-bond donors (Lipinski definition) is 1. The van der Waals surface area contributed by atoms with Crippen molar-refractivity contribution in [1.29, 1.82) is 0 Å². The summed E-state index contributed by atoms with van der Waals surface area (Å²) in [7, 11) is 3.23. The van der Waals surface area contributed by atoms with Gasteiger partial charge in [-0.25, -0.2) is 0 Å². The fourth-order valence-electron chi connectivity index (χ4n) is 5.34. The summed E-state index contributed by atoms with van der Waals surface area (Å²) >= 11 is 0. The third kappa shape index (κ3) is 6.50. The predicted molar refractivity (Wildman–Crippen MR) is 139 cm³/mol. The molecular weight excluding hydrogens is 456 g/mol. The molecule has 0 saturated carbocycles. The van der Waals surface area contributed by atoms with Crippen molar-refractivity contribution >= 4 is 11.8 Å². The smallest absolute Gasteiger partial charge is 0.222 e. The van der Waals surface area contributed by atoms with Crippen LogP contribution in [0.4, 0.5) is 0 Å². The van der Waals surface area contributed by atoms with E-state index in [9.17, 15) is 9.59 Å². The first-order valence-electron chi connectivity index (χ1n) is 12.9. The van der Waals surface area contributed by atoms with Gasteiger partial charge in [-0.2, -0.15) is 0 Å². The van der Waals surface area contributed by atoms with Crippen LogP contribution < -0.4 is 19.5 Å². The second-order valence-electron chi connectivity index (χ2n) is 10.2. The van der Waals surface area contributed by atoms with E-state index in [2.05, 4.69) is 12.2 Å². The lowest BCUT2D eigenvalue weighted by molar-refractivity contribution is -0.134. The zero-order chi connectivity index (χ0) is 25.5. The molecular formula is C29H38N2O5. The van der Waals surface area contributed by atoms with Crippen LogP contribution in [0, 0.1) is 12.8 Å². The molecule has 2 heterocycles. The highest BCUT2D eigenvalue weighted by Gasteiger charge is 2.38. The number of benzene rings is 2. The largest absolute Gasteiger partial charge is 0.493 e. The molecule has 2 aromatic rings. The number of piperidine rings is 1. The van der Waals surface area contributed by atoms with E-state index in [-0.39, 0.29) is 11.8 Å². The van der Waals surface area contributed by atoms with Gasteiger partial charge in [-0.1, -0.05) is 23.8 Å². The van der Waals surface area contributed by atoms with Crippen LogP contribution in [-0.4, -0.2) is 56.2 Å². The van der Waals surface area contributed by atoms with Crippen LogP contribution in [0.2, 0.25) is 0 Å². The topological polar surface area (TPSA) is 77.1 Å². The van der Waals surface area contributed by atoms with Crippen molar-refractivity contribution < 1.29 is 23.8 Å². The van der Waals surface area contributed by atoms with Gasteiger partial charge >= 0.3 is 0 Å². The highest BCUT2D eigenvalue weighted by molar-refractivity contribution is 5.80. The lowest BCUT2D eigenvalue weighted by Crippen LogP contribution is -2.46. The Balaban J connectivity index is 1.34. The molecule has 2 aromatic carbocycles. The molecule has 2 aliphatic rings. The normalized spacial score (nSPS) is 21.7. The molecule has 7 heteroatoms. The average Bonchev–Trinajstić information content (AvgIpc) is 3.27. The molecule has 4 rings (SSSR count). The summed E-state index contributed by atoms with van der Waals surface area (Å²) in [6.45, 7) is 4.18. The van der Waals surface area contributed by atoms with Crippen molar-refractivity contribution in [1.82, 2.24) is 10.2 Å². The van der Waals surface area contributed by atoms with E-state index in [1.165, 1.54) is 5.56 Å². The van der Waals surface area contributed by atoms with E-state index in [1.54, 1.807) is 14.2 Å². The standard InChI is InChI=1S/C29H38N2O5/c1-21-6-9-24(10-7-21)36-20-23-5-4-16-31(19-23)28(33)13-15-29(14-12-27(32)30-29)18-22-8-11-25(34-2)26(17-22)35-3/h6-11,17,23H,4-5,12-16,18-20H2,1-3H3,(H,30,32)/t23-,29-/m0/s1. The lowest BCUT2D eigenvalue weighted by Gasteiger charge is -2.34. The lowest BCUT2D eigenvalue weighted by atomic mass is 9.84. The number of ether oxygens (including phenoxy) is 3. The van der Waals surface area contributed by atoms with Gasteiger partial charge in [0.25, 0.3) is 0 Å². The molecule has 36 heavy (non-hydrogen) atoms. The molecule has 0 radical (unpaired) electrons. The van der Waals surface area contributed by atoms with Crippen molar-refractivity contribution in [3.8, 4) is 17.2 Å². The number of nitrogens with one attached hydrogen (secondary N) is 1. The highest BCUT2D eigenvalue weighted by Crippen LogP contribution is 2.34. The molecule has 0 aliphatic carbocycles. The van der Waals surface area contributed by atoms with Crippen molar-refractivity contribution in [2.45, 2.75) is 57.4 Å². The first kappa shape index (κ1) is 25.9. The maximum Gasteiger partial charge on any atom is 0.222 e. The van der Waals surface area contributed by atoms with Crippen molar-refractivity contribution in [2.75, 3.05) is 33.9 Å². The number of hydrogen-bond acceptors (Lipinski definition) is 5. The second kappa shape index (κ2) is 11.7. The molecule has 0 bridgehead atoms. The number of rotatable bonds is 10. The van der Waals surface area contributed by atoms with Gasteiger partial charge < -0.3 is 24.4 Å². The Morgan fingerprint density at radius 2 is 1.89 bits per heavy atom. The van der Waals surface area contributed by atoms with E-state index in [1.807, 2.05) is 47.4 Å². The van der Waals surface area contributed by atoms with Gasteiger partial charge in [0.1, 0.15) is 5.75 Å². The Kier molecular flexibility index (Phi) is 8.39. The Morgan fingerprint density at radius 1 is 1.11 bits per heavy atom. The monoisotopic (exact) mass is 494 g/mol. The van der Waals surface area contributed by atoms with Gasteiger partial charge in [-0.3, -0.25) is 9.59 Å². The summed E-state index contributed by atoms with van der Waals surface area (Å²) in [5.74, 6) is 2.75. The molecule has 0 spiro atoms. The minimum Gasteiger partial charge on any atom is -0.493 e. The minimum absolute atomic E-state index is 0.0502. The molecule has 2 fully saturated rings. The van der Waals surface area contributed by atoms with Crippen molar-refractivity contribution in [3.05, 3.63) is 53.6 Å². The van der Waals surface area contributed by atoms with Crippen molar-refractivity contribution in [3.63, 3.8) is 0 Å². The van der Waals surface area contributed by atoms with E-state index in [0.29, 0.717) is 49.7 Å².